The summed E-state index contributed by atoms with van der Waals surface area (Å²) in [5, 5.41) is 11.7. The second-order valence-corrected chi connectivity index (χ2v) is 6.43. The summed E-state index contributed by atoms with van der Waals surface area (Å²) in [7, 11) is 3.13. The quantitative estimate of drug-likeness (QED) is 0.722. The Morgan fingerprint density at radius 1 is 1.04 bits per heavy atom. The number of methoxy groups -OCH3 is 2. The second kappa shape index (κ2) is 9.12. The summed E-state index contributed by atoms with van der Waals surface area (Å²) in [5.41, 5.74) is 2.75. The fourth-order valence-corrected chi connectivity index (χ4v) is 2.93. The number of carbonyl (C=O) groups is 2. The molecule has 0 saturated carbocycles. The maximum atomic E-state index is 12.7. The maximum Gasteiger partial charge on any atom is 0.341 e. The number of aryl methyl sites for hydroxylation is 2. The van der Waals surface area contributed by atoms with E-state index in [0.29, 0.717) is 33.9 Å². The predicted molar refractivity (Wildman–Crippen MR) is 104 cm³/mol. The summed E-state index contributed by atoms with van der Waals surface area (Å²) >= 11 is 0. The van der Waals surface area contributed by atoms with Gasteiger partial charge >= 0.3 is 5.97 Å². The molecule has 0 aliphatic heterocycles. The fourth-order valence-electron chi connectivity index (χ4n) is 2.93. The Hall–Kier alpha value is -3.22. The summed E-state index contributed by atoms with van der Waals surface area (Å²) in [5.74, 6) is 0.398. The van der Waals surface area contributed by atoms with E-state index in [0.717, 1.165) is 5.56 Å². The molecule has 2 aromatic carbocycles. The molecular weight excluding hydrogens is 362 g/mol. The number of carboxylic acids is 1. The van der Waals surface area contributed by atoms with Crippen molar-refractivity contribution in [3.05, 3.63) is 52.6 Å². The lowest BCUT2D eigenvalue weighted by Crippen LogP contribution is -2.27. The van der Waals surface area contributed by atoms with Crippen LogP contribution in [0.2, 0.25) is 0 Å². The van der Waals surface area contributed by atoms with Gasteiger partial charge in [0.05, 0.1) is 20.3 Å². The number of amides is 1. The minimum absolute atomic E-state index is 0.238. The molecule has 2 N–H and O–H groups in total. The van der Waals surface area contributed by atoms with Gasteiger partial charge in [0, 0.05) is 5.56 Å². The molecular formula is C21H25NO6. The van der Waals surface area contributed by atoms with Gasteiger partial charge in [0.2, 0.25) is 0 Å². The number of nitrogens with one attached hydrogen (secondary N) is 1. The lowest BCUT2D eigenvalue weighted by Gasteiger charge is -2.18. The predicted octanol–water partition coefficient (Wildman–Crippen LogP) is 3.28. The van der Waals surface area contributed by atoms with Crippen molar-refractivity contribution in [3.63, 3.8) is 0 Å². The third-order valence-electron chi connectivity index (χ3n) is 4.32. The van der Waals surface area contributed by atoms with Crippen LogP contribution in [-0.2, 0) is 4.79 Å². The minimum Gasteiger partial charge on any atom is -0.493 e. The van der Waals surface area contributed by atoms with Crippen LogP contribution in [0.1, 0.15) is 40.0 Å². The average Bonchev–Trinajstić information content (AvgIpc) is 2.66. The van der Waals surface area contributed by atoms with E-state index in [9.17, 15) is 9.59 Å². The third-order valence-corrected chi connectivity index (χ3v) is 4.32. The SMILES string of the molecule is COc1ccc(C(C)NC(=O)c2cc(C)c(OCC(=O)O)c(C)c2)cc1OC. The number of hydrogen-bond donors (Lipinski definition) is 2. The number of ether oxygens (including phenoxy) is 3. The average molecular weight is 387 g/mol. The van der Waals surface area contributed by atoms with Gasteiger partial charge < -0.3 is 24.6 Å². The minimum atomic E-state index is -1.05. The first-order valence-electron chi connectivity index (χ1n) is 8.75. The standard InChI is InChI=1S/C21H25NO6/c1-12-8-16(9-13(2)20(12)28-11-19(23)24)21(25)22-14(3)15-6-7-17(26-4)18(10-15)27-5/h6-10,14H,11H2,1-5H3,(H,22,25)(H,23,24). The van der Waals surface area contributed by atoms with Crippen molar-refractivity contribution in [3.8, 4) is 17.2 Å². The van der Waals surface area contributed by atoms with Crippen LogP contribution in [0.25, 0.3) is 0 Å². The highest BCUT2D eigenvalue weighted by molar-refractivity contribution is 5.95. The highest BCUT2D eigenvalue weighted by Gasteiger charge is 2.16. The van der Waals surface area contributed by atoms with Crippen LogP contribution >= 0.6 is 0 Å². The summed E-state index contributed by atoms with van der Waals surface area (Å²) in [4.78, 5) is 23.4. The summed E-state index contributed by atoms with van der Waals surface area (Å²) in [6, 6.07) is 8.59. The first kappa shape index (κ1) is 21.1. The van der Waals surface area contributed by atoms with Crippen molar-refractivity contribution in [2.45, 2.75) is 26.8 Å². The highest BCUT2D eigenvalue weighted by atomic mass is 16.5. The van der Waals surface area contributed by atoms with Crippen molar-refractivity contribution in [2.24, 2.45) is 0 Å². The molecule has 1 atom stereocenters. The number of carboxylic acid groups (broad SMARTS) is 1. The highest BCUT2D eigenvalue weighted by Crippen LogP contribution is 2.30. The van der Waals surface area contributed by atoms with Gasteiger partial charge in [-0.2, -0.15) is 0 Å². The van der Waals surface area contributed by atoms with Crippen molar-refractivity contribution < 1.29 is 28.9 Å². The Balaban J connectivity index is 2.17. The molecule has 7 heteroatoms. The van der Waals surface area contributed by atoms with Crippen LogP contribution in [-0.4, -0.2) is 37.8 Å². The molecule has 0 bridgehead atoms. The smallest absolute Gasteiger partial charge is 0.341 e. The van der Waals surface area contributed by atoms with Crippen LogP contribution in [0.3, 0.4) is 0 Å². The van der Waals surface area contributed by atoms with Gasteiger partial charge in [0.25, 0.3) is 5.91 Å². The third kappa shape index (κ3) is 4.94. The van der Waals surface area contributed by atoms with E-state index in [1.54, 1.807) is 46.3 Å². The van der Waals surface area contributed by atoms with Crippen molar-refractivity contribution in [2.75, 3.05) is 20.8 Å². The molecule has 7 nitrogen and oxygen atoms in total. The lowest BCUT2D eigenvalue weighted by molar-refractivity contribution is -0.139. The molecule has 0 radical (unpaired) electrons. The van der Waals surface area contributed by atoms with E-state index in [1.165, 1.54) is 0 Å². The Morgan fingerprint density at radius 3 is 2.18 bits per heavy atom. The first-order chi connectivity index (χ1) is 13.3. The van der Waals surface area contributed by atoms with E-state index >= 15 is 0 Å². The zero-order chi connectivity index (χ0) is 20.8. The fraction of sp³-hybridized carbons (Fsp3) is 0.333. The molecule has 0 saturated heterocycles. The normalized spacial score (nSPS) is 11.5. The van der Waals surface area contributed by atoms with E-state index in [-0.39, 0.29) is 11.9 Å². The molecule has 0 aromatic heterocycles. The molecule has 1 unspecified atom stereocenters. The second-order valence-electron chi connectivity index (χ2n) is 6.43. The van der Waals surface area contributed by atoms with Crippen LogP contribution < -0.4 is 19.5 Å². The van der Waals surface area contributed by atoms with Crippen molar-refractivity contribution >= 4 is 11.9 Å². The van der Waals surface area contributed by atoms with Gasteiger partial charge in [-0.3, -0.25) is 4.79 Å². The topological polar surface area (TPSA) is 94.1 Å². The van der Waals surface area contributed by atoms with E-state index in [2.05, 4.69) is 5.32 Å². The van der Waals surface area contributed by atoms with Gasteiger partial charge in [-0.05, 0) is 61.7 Å². The van der Waals surface area contributed by atoms with Crippen LogP contribution in [0.4, 0.5) is 0 Å². The van der Waals surface area contributed by atoms with E-state index in [4.69, 9.17) is 19.3 Å². The van der Waals surface area contributed by atoms with Crippen molar-refractivity contribution in [1.29, 1.82) is 0 Å². The number of rotatable bonds is 8. The molecule has 0 heterocycles. The monoisotopic (exact) mass is 387 g/mol. The number of aliphatic carboxylic acids is 1. The summed E-state index contributed by atoms with van der Waals surface area (Å²) in [6.07, 6.45) is 0. The number of benzene rings is 2. The summed E-state index contributed by atoms with van der Waals surface area (Å²) in [6.45, 7) is 5.00. The van der Waals surface area contributed by atoms with Crippen LogP contribution in [0, 0.1) is 13.8 Å². The zero-order valence-corrected chi connectivity index (χ0v) is 16.7. The van der Waals surface area contributed by atoms with Crippen LogP contribution in [0.5, 0.6) is 17.2 Å². The molecule has 2 rings (SSSR count). The van der Waals surface area contributed by atoms with Gasteiger partial charge in [-0.1, -0.05) is 6.07 Å². The van der Waals surface area contributed by atoms with Crippen LogP contribution in [0.15, 0.2) is 30.3 Å². The molecule has 0 aliphatic rings. The first-order valence-corrected chi connectivity index (χ1v) is 8.75. The molecule has 1 amide bonds. The summed E-state index contributed by atoms with van der Waals surface area (Å²) < 4.78 is 15.8. The Bertz CT molecular complexity index is 854. The van der Waals surface area contributed by atoms with Gasteiger partial charge in [-0.25, -0.2) is 4.79 Å². The number of carbonyl (C=O) groups excluding carboxylic acids is 1. The molecule has 0 fully saturated rings. The van der Waals surface area contributed by atoms with E-state index < -0.39 is 12.6 Å². The lowest BCUT2D eigenvalue weighted by atomic mass is 10.0. The molecule has 150 valence electrons. The van der Waals surface area contributed by atoms with Gasteiger partial charge in [0.1, 0.15) is 5.75 Å². The van der Waals surface area contributed by atoms with E-state index in [1.807, 2.05) is 19.1 Å². The maximum absolute atomic E-state index is 12.7. The molecule has 0 aliphatic carbocycles. The van der Waals surface area contributed by atoms with Gasteiger partial charge in [-0.15, -0.1) is 0 Å². The van der Waals surface area contributed by atoms with Gasteiger partial charge in [0.15, 0.2) is 18.1 Å². The Kier molecular flexibility index (Phi) is 6.87. The van der Waals surface area contributed by atoms with Crippen molar-refractivity contribution in [1.82, 2.24) is 5.32 Å². The zero-order valence-electron chi connectivity index (χ0n) is 16.7. The molecule has 0 spiro atoms. The number of hydrogen-bond acceptors (Lipinski definition) is 5. The Labute approximate surface area is 164 Å². The molecule has 28 heavy (non-hydrogen) atoms. The largest absolute Gasteiger partial charge is 0.493 e. The Morgan fingerprint density at radius 2 is 1.64 bits per heavy atom. The molecule has 2 aromatic rings.